The average molecular weight is 167 g/mol. The molecule has 0 bridgehead atoms. The van der Waals surface area contributed by atoms with E-state index in [1.54, 1.807) is 0 Å². The summed E-state index contributed by atoms with van der Waals surface area (Å²) in [5, 5.41) is 0. The van der Waals surface area contributed by atoms with Gasteiger partial charge in [-0.3, -0.25) is 0 Å². The highest BCUT2D eigenvalue weighted by Gasteiger charge is 2.29. The van der Waals surface area contributed by atoms with Gasteiger partial charge < -0.3 is 5.73 Å². The second kappa shape index (κ2) is 2.79. The van der Waals surface area contributed by atoms with E-state index in [1.807, 2.05) is 0 Å². The lowest BCUT2D eigenvalue weighted by Gasteiger charge is -2.02. The molecule has 2 rings (SSSR count). The second-order valence-corrected chi connectivity index (χ2v) is 3.00. The maximum absolute atomic E-state index is 13.4. The van der Waals surface area contributed by atoms with Gasteiger partial charge in [0.1, 0.15) is 6.33 Å². The summed E-state index contributed by atoms with van der Waals surface area (Å²) in [7, 11) is 0. The fourth-order valence-electron chi connectivity index (χ4n) is 1.21. The fourth-order valence-corrected chi connectivity index (χ4v) is 1.21. The number of nitrogens with zero attached hydrogens (tertiary/aromatic N) is 2. The summed E-state index contributed by atoms with van der Waals surface area (Å²) in [5.41, 5.74) is 6.18. The lowest BCUT2D eigenvalue weighted by Crippen LogP contribution is -2.06. The molecule has 3 nitrogen and oxygen atoms in total. The topological polar surface area (TPSA) is 51.8 Å². The highest BCUT2D eigenvalue weighted by molar-refractivity contribution is 5.19. The first-order chi connectivity index (χ1) is 5.83. The lowest BCUT2D eigenvalue weighted by atomic mass is 10.2. The zero-order valence-electron chi connectivity index (χ0n) is 6.63. The van der Waals surface area contributed by atoms with E-state index in [0.717, 1.165) is 12.8 Å². The summed E-state index contributed by atoms with van der Waals surface area (Å²) >= 11 is 0. The maximum Gasteiger partial charge on any atom is 0.167 e. The van der Waals surface area contributed by atoms with E-state index in [9.17, 15) is 4.39 Å². The van der Waals surface area contributed by atoms with Gasteiger partial charge in [-0.2, -0.15) is 0 Å². The summed E-state index contributed by atoms with van der Waals surface area (Å²) < 4.78 is 13.4. The number of nitrogens with two attached hydrogens (primary N) is 1. The number of halogens is 1. The summed E-state index contributed by atoms with van der Waals surface area (Å²) in [6.45, 7) is 0.147. The first-order valence-corrected chi connectivity index (χ1v) is 4.02. The first kappa shape index (κ1) is 7.61. The molecule has 1 saturated carbocycles. The normalized spacial score (nSPS) is 16.5. The summed E-state index contributed by atoms with van der Waals surface area (Å²) in [6, 6.07) is 0. The highest BCUT2D eigenvalue weighted by Crippen LogP contribution is 2.40. The molecule has 4 heteroatoms. The van der Waals surface area contributed by atoms with E-state index >= 15 is 0 Å². The van der Waals surface area contributed by atoms with Crippen molar-refractivity contribution in [2.24, 2.45) is 5.73 Å². The number of rotatable bonds is 2. The van der Waals surface area contributed by atoms with Crippen LogP contribution in [0.2, 0.25) is 0 Å². The van der Waals surface area contributed by atoms with Gasteiger partial charge >= 0.3 is 0 Å². The molecule has 12 heavy (non-hydrogen) atoms. The number of hydrogen-bond donors (Lipinski definition) is 1. The van der Waals surface area contributed by atoms with E-state index in [0.29, 0.717) is 17.3 Å². The molecule has 2 N–H and O–H groups in total. The van der Waals surface area contributed by atoms with Gasteiger partial charge in [-0.15, -0.1) is 0 Å². The highest BCUT2D eigenvalue weighted by atomic mass is 19.1. The zero-order valence-corrected chi connectivity index (χ0v) is 6.63. The van der Waals surface area contributed by atoms with Crippen LogP contribution >= 0.6 is 0 Å². The Balaban J connectivity index is 2.40. The van der Waals surface area contributed by atoms with Gasteiger partial charge in [-0.25, -0.2) is 14.4 Å². The molecule has 1 heterocycles. The van der Waals surface area contributed by atoms with Gasteiger partial charge in [0.05, 0.1) is 11.4 Å². The van der Waals surface area contributed by atoms with Crippen LogP contribution in [0.25, 0.3) is 0 Å². The molecule has 0 aliphatic heterocycles. The van der Waals surface area contributed by atoms with Crippen LogP contribution < -0.4 is 5.73 Å². The summed E-state index contributed by atoms with van der Waals surface area (Å²) in [4.78, 5) is 7.66. The van der Waals surface area contributed by atoms with Crippen molar-refractivity contribution in [2.45, 2.75) is 25.3 Å². The molecule has 0 amide bonds. The van der Waals surface area contributed by atoms with Crippen molar-refractivity contribution in [3.8, 4) is 0 Å². The molecule has 1 aliphatic carbocycles. The zero-order chi connectivity index (χ0) is 8.55. The van der Waals surface area contributed by atoms with Crippen LogP contribution in [-0.2, 0) is 6.54 Å². The van der Waals surface area contributed by atoms with E-state index < -0.39 is 0 Å². The van der Waals surface area contributed by atoms with Crippen LogP contribution in [-0.4, -0.2) is 9.97 Å². The third-order valence-electron chi connectivity index (χ3n) is 2.05. The van der Waals surface area contributed by atoms with Crippen molar-refractivity contribution in [1.82, 2.24) is 9.97 Å². The fraction of sp³-hybridized carbons (Fsp3) is 0.500. The van der Waals surface area contributed by atoms with Crippen LogP contribution in [0.5, 0.6) is 0 Å². The quantitative estimate of drug-likeness (QED) is 0.713. The predicted octanol–water partition coefficient (Wildman–Crippen LogP) is 0.952. The molecular formula is C8H10FN3. The van der Waals surface area contributed by atoms with Crippen LogP contribution in [0.1, 0.15) is 30.1 Å². The Hall–Kier alpha value is -1.03. The Labute approximate surface area is 69.8 Å². The van der Waals surface area contributed by atoms with Crippen molar-refractivity contribution < 1.29 is 4.39 Å². The first-order valence-electron chi connectivity index (χ1n) is 4.02. The third kappa shape index (κ3) is 1.18. The maximum atomic E-state index is 13.4. The molecule has 1 aromatic heterocycles. The van der Waals surface area contributed by atoms with Crippen molar-refractivity contribution in [3.05, 3.63) is 23.5 Å². The molecule has 0 aromatic carbocycles. The standard InChI is InChI=1S/C8H10FN3/c9-7-6(3-10)11-4-12-8(7)5-1-2-5/h4-5H,1-3,10H2. The van der Waals surface area contributed by atoms with Gasteiger partial charge in [-0.05, 0) is 12.8 Å². The van der Waals surface area contributed by atoms with E-state index in [1.165, 1.54) is 6.33 Å². The molecular weight excluding hydrogens is 157 g/mol. The van der Waals surface area contributed by atoms with Crippen LogP contribution in [0.3, 0.4) is 0 Å². The minimum atomic E-state index is -0.303. The van der Waals surface area contributed by atoms with Gasteiger partial charge in [0.25, 0.3) is 0 Å². The minimum absolute atomic E-state index is 0.147. The predicted molar refractivity (Wildman–Crippen MR) is 41.9 cm³/mol. The van der Waals surface area contributed by atoms with Gasteiger partial charge in [0, 0.05) is 12.5 Å². The molecule has 1 aromatic rings. The van der Waals surface area contributed by atoms with Crippen molar-refractivity contribution >= 4 is 0 Å². The second-order valence-electron chi connectivity index (χ2n) is 3.00. The Bertz CT molecular complexity index is 296. The van der Waals surface area contributed by atoms with Crippen molar-refractivity contribution in [1.29, 1.82) is 0 Å². The average Bonchev–Trinajstić information content (AvgIpc) is 2.88. The van der Waals surface area contributed by atoms with Crippen LogP contribution in [0, 0.1) is 5.82 Å². The molecule has 1 aliphatic rings. The van der Waals surface area contributed by atoms with Crippen LogP contribution in [0.4, 0.5) is 4.39 Å². The summed E-state index contributed by atoms with van der Waals surface area (Å²) in [6.07, 6.45) is 3.47. The Morgan fingerprint density at radius 3 is 2.83 bits per heavy atom. The van der Waals surface area contributed by atoms with E-state index in [2.05, 4.69) is 9.97 Å². The Morgan fingerprint density at radius 1 is 1.50 bits per heavy atom. The Kier molecular flexibility index (Phi) is 1.77. The minimum Gasteiger partial charge on any atom is -0.325 e. The van der Waals surface area contributed by atoms with Crippen molar-refractivity contribution in [3.63, 3.8) is 0 Å². The molecule has 64 valence electrons. The van der Waals surface area contributed by atoms with Crippen LogP contribution in [0.15, 0.2) is 6.33 Å². The number of hydrogen-bond acceptors (Lipinski definition) is 3. The van der Waals surface area contributed by atoms with E-state index in [4.69, 9.17) is 5.73 Å². The molecule has 0 atom stereocenters. The number of aromatic nitrogens is 2. The monoisotopic (exact) mass is 167 g/mol. The SMILES string of the molecule is NCc1ncnc(C2CC2)c1F. The van der Waals surface area contributed by atoms with Crippen molar-refractivity contribution in [2.75, 3.05) is 0 Å². The lowest BCUT2D eigenvalue weighted by molar-refractivity contribution is 0.570. The van der Waals surface area contributed by atoms with Gasteiger partial charge in [0.15, 0.2) is 5.82 Å². The molecule has 0 radical (unpaired) electrons. The van der Waals surface area contributed by atoms with E-state index in [-0.39, 0.29) is 12.4 Å². The van der Waals surface area contributed by atoms with Gasteiger partial charge in [-0.1, -0.05) is 0 Å². The van der Waals surface area contributed by atoms with Gasteiger partial charge in [0.2, 0.25) is 0 Å². The molecule has 0 saturated heterocycles. The summed E-state index contributed by atoms with van der Waals surface area (Å²) in [5.74, 6) is 0.0146. The third-order valence-corrected chi connectivity index (χ3v) is 2.05. The smallest absolute Gasteiger partial charge is 0.167 e. The molecule has 1 fully saturated rings. The largest absolute Gasteiger partial charge is 0.325 e. The molecule has 0 unspecified atom stereocenters. The molecule has 0 spiro atoms. The Morgan fingerprint density at radius 2 is 2.25 bits per heavy atom.